The van der Waals surface area contributed by atoms with Gasteiger partial charge in [-0.1, -0.05) is 6.07 Å². The second-order valence-corrected chi connectivity index (χ2v) is 2.14. The average molecular weight is 131 g/mol. The van der Waals surface area contributed by atoms with Crippen LogP contribution >= 0.6 is 0 Å². The first-order valence-corrected chi connectivity index (χ1v) is 3.05. The zero-order valence-corrected chi connectivity index (χ0v) is 5.24. The quantitative estimate of drug-likeness (QED) is 0.531. The first kappa shape index (κ1) is 5.35. The van der Waals surface area contributed by atoms with Crippen LogP contribution in [0.2, 0.25) is 0 Å². The number of carbonyl (C=O) groups is 1. The molecule has 0 fully saturated rings. The summed E-state index contributed by atoms with van der Waals surface area (Å²) in [6.45, 7) is 0. The van der Waals surface area contributed by atoms with Gasteiger partial charge < -0.3 is 0 Å². The van der Waals surface area contributed by atoms with Crippen LogP contribution in [0, 0.1) is 0 Å². The van der Waals surface area contributed by atoms with Crippen LogP contribution in [-0.4, -0.2) is 10.8 Å². The number of nitrogens with zero attached hydrogens (tertiary/aromatic N) is 1. The van der Waals surface area contributed by atoms with Gasteiger partial charge in [0.05, 0.1) is 0 Å². The third kappa shape index (κ3) is 0.589. The largest absolute Gasteiger partial charge is 0.288 e. The molecule has 2 rings (SSSR count). The van der Waals surface area contributed by atoms with Crippen LogP contribution in [0.5, 0.6) is 0 Å². The van der Waals surface area contributed by atoms with Gasteiger partial charge in [-0.2, -0.15) is 0 Å². The van der Waals surface area contributed by atoms with Gasteiger partial charge >= 0.3 is 0 Å². The van der Waals surface area contributed by atoms with E-state index >= 15 is 0 Å². The minimum atomic E-state index is 0.00981. The van der Waals surface area contributed by atoms with E-state index in [9.17, 15) is 4.79 Å². The van der Waals surface area contributed by atoms with Crippen molar-refractivity contribution in [1.82, 2.24) is 4.98 Å². The van der Waals surface area contributed by atoms with Crippen molar-refractivity contribution in [3.05, 3.63) is 35.7 Å². The molecule has 2 heteroatoms. The van der Waals surface area contributed by atoms with E-state index in [0.29, 0.717) is 5.69 Å². The Morgan fingerprint density at radius 1 is 1.30 bits per heavy atom. The predicted octanol–water partition coefficient (Wildman–Crippen LogP) is 1.29. The van der Waals surface area contributed by atoms with Crippen molar-refractivity contribution in [1.29, 1.82) is 0 Å². The van der Waals surface area contributed by atoms with Crippen molar-refractivity contribution in [2.24, 2.45) is 0 Å². The van der Waals surface area contributed by atoms with E-state index in [-0.39, 0.29) is 5.78 Å². The Kier molecular flexibility index (Phi) is 0.947. The normalized spacial score (nSPS) is 13.8. The molecule has 48 valence electrons. The Morgan fingerprint density at radius 3 is 3.00 bits per heavy atom. The third-order valence-corrected chi connectivity index (χ3v) is 1.49. The van der Waals surface area contributed by atoms with E-state index in [1.165, 1.54) is 6.08 Å². The molecular formula is C8H5NO. The third-order valence-electron chi connectivity index (χ3n) is 1.49. The fraction of sp³-hybridized carbons (Fsp3) is 0. The number of aromatic nitrogens is 1. The van der Waals surface area contributed by atoms with Crippen LogP contribution in [0.25, 0.3) is 6.08 Å². The van der Waals surface area contributed by atoms with Gasteiger partial charge in [0, 0.05) is 11.8 Å². The monoisotopic (exact) mass is 131 g/mol. The van der Waals surface area contributed by atoms with Gasteiger partial charge in [-0.05, 0) is 18.2 Å². The van der Waals surface area contributed by atoms with Crippen LogP contribution in [0.3, 0.4) is 0 Å². The lowest BCUT2D eigenvalue weighted by molar-refractivity contribution is 0.104. The van der Waals surface area contributed by atoms with E-state index in [2.05, 4.69) is 4.98 Å². The minimum absolute atomic E-state index is 0.00981. The Hall–Kier alpha value is -1.44. The Labute approximate surface area is 58.2 Å². The summed E-state index contributed by atoms with van der Waals surface area (Å²) in [4.78, 5) is 14.8. The van der Waals surface area contributed by atoms with Crippen LogP contribution in [0.15, 0.2) is 24.4 Å². The van der Waals surface area contributed by atoms with Crippen molar-refractivity contribution < 1.29 is 4.79 Å². The molecule has 0 N–H and O–H groups in total. The fourth-order valence-corrected chi connectivity index (χ4v) is 1.00. The number of pyridine rings is 1. The standard InChI is InChI=1S/C8H5NO/c10-7-4-3-6-2-1-5-9-8(6)7/h1-5H. The molecule has 0 radical (unpaired) electrons. The SMILES string of the molecule is O=C1C=Cc2cccnc21. The van der Waals surface area contributed by atoms with Crippen LogP contribution in [0.1, 0.15) is 16.1 Å². The van der Waals surface area contributed by atoms with E-state index in [1.54, 1.807) is 12.3 Å². The summed E-state index contributed by atoms with van der Waals surface area (Å²) in [5, 5.41) is 0. The smallest absolute Gasteiger partial charge is 0.204 e. The van der Waals surface area contributed by atoms with Crippen LogP contribution in [0.4, 0.5) is 0 Å². The van der Waals surface area contributed by atoms with E-state index in [1.807, 2.05) is 12.1 Å². The lowest BCUT2D eigenvalue weighted by Gasteiger charge is -1.91. The van der Waals surface area contributed by atoms with Gasteiger partial charge in [-0.3, -0.25) is 9.78 Å². The molecule has 0 unspecified atom stereocenters. The second-order valence-electron chi connectivity index (χ2n) is 2.14. The maximum atomic E-state index is 10.9. The number of fused-ring (bicyclic) bond motifs is 1. The molecule has 0 spiro atoms. The molecule has 1 aliphatic rings. The highest BCUT2D eigenvalue weighted by molar-refractivity contribution is 6.12. The summed E-state index contributed by atoms with van der Waals surface area (Å²) in [7, 11) is 0. The van der Waals surface area contributed by atoms with E-state index < -0.39 is 0 Å². The molecular weight excluding hydrogens is 126 g/mol. The van der Waals surface area contributed by atoms with Gasteiger partial charge in [0.25, 0.3) is 0 Å². The maximum absolute atomic E-state index is 10.9. The number of rotatable bonds is 0. The molecule has 1 aromatic heterocycles. The summed E-state index contributed by atoms with van der Waals surface area (Å²) < 4.78 is 0. The molecule has 0 atom stereocenters. The number of hydrogen-bond acceptors (Lipinski definition) is 2. The molecule has 1 aliphatic carbocycles. The van der Waals surface area contributed by atoms with Crippen LogP contribution in [-0.2, 0) is 0 Å². The average Bonchev–Trinajstić information content (AvgIpc) is 2.34. The zero-order valence-electron chi connectivity index (χ0n) is 5.24. The van der Waals surface area contributed by atoms with Crippen molar-refractivity contribution in [2.75, 3.05) is 0 Å². The molecule has 0 saturated heterocycles. The molecule has 0 amide bonds. The molecule has 0 aliphatic heterocycles. The number of hydrogen-bond donors (Lipinski definition) is 0. The lowest BCUT2D eigenvalue weighted by Crippen LogP contribution is -1.94. The molecule has 1 aromatic rings. The number of carbonyl (C=O) groups excluding carboxylic acids is 1. The Bertz CT molecular complexity index is 315. The first-order chi connectivity index (χ1) is 4.88. The number of ketones is 1. The highest BCUT2D eigenvalue weighted by atomic mass is 16.1. The molecule has 2 nitrogen and oxygen atoms in total. The Balaban J connectivity index is 2.70. The highest BCUT2D eigenvalue weighted by Crippen LogP contribution is 2.15. The molecule has 0 saturated carbocycles. The summed E-state index contributed by atoms with van der Waals surface area (Å²) in [5.41, 5.74) is 1.50. The fourth-order valence-electron chi connectivity index (χ4n) is 1.00. The molecule has 0 bridgehead atoms. The number of allylic oxidation sites excluding steroid dienone is 1. The van der Waals surface area contributed by atoms with Crippen molar-refractivity contribution in [2.45, 2.75) is 0 Å². The predicted molar refractivity (Wildman–Crippen MR) is 37.6 cm³/mol. The summed E-state index contributed by atoms with van der Waals surface area (Å²) in [6.07, 6.45) is 4.95. The van der Waals surface area contributed by atoms with Crippen molar-refractivity contribution in [3.63, 3.8) is 0 Å². The maximum Gasteiger partial charge on any atom is 0.204 e. The summed E-state index contributed by atoms with van der Waals surface area (Å²) in [5.74, 6) is 0.00981. The van der Waals surface area contributed by atoms with Crippen molar-refractivity contribution >= 4 is 11.9 Å². The minimum Gasteiger partial charge on any atom is -0.288 e. The molecule has 0 aromatic carbocycles. The van der Waals surface area contributed by atoms with Gasteiger partial charge in [-0.15, -0.1) is 0 Å². The highest BCUT2D eigenvalue weighted by Gasteiger charge is 2.12. The van der Waals surface area contributed by atoms with E-state index in [4.69, 9.17) is 0 Å². The lowest BCUT2D eigenvalue weighted by atomic mass is 10.2. The van der Waals surface area contributed by atoms with E-state index in [0.717, 1.165) is 5.56 Å². The van der Waals surface area contributed by atoms with Gasteiger partial charge in [0.1, 0.15) is 5.69 Å². The Morgan fingerprint density at radius 2 is 2.20 bits per heavy atom. The van der Waals surface area contributed by atoms with Crippen LogP contribution < -0.4 is 0 Å². The van der Waals surface area contributed by atoms with Gasteiger partial charge in [0.15, 0.2) is 0 Å². The molecule has 1 heterocycles. The zero-order chi connectivity index (χ0) is 6.97. The summed E-state index contributed by atoms with van der Waals surface area (Å²) in [6, 6.07) is 3.70. The first-order valence-electron chi connectivity index (χ1n) is 3.05. The topological polar surface area (TPSA) is 30.0 Å². The van der Waals surface area contributed by atoms with Gasteiger partial charge in [-0.25, -0.2) is 0 Å². The van der Waals surface area contributed by atoms with Gasteiger partial charge in [0.2, 0.25) is 5.78 Å². The summed E-state index contributed by atoms with van der Waals surface area (Å²) >= 11 is 0. The van der Waals surface area contributed by atoms with Crippen molar-refractivity contribution in [3.8, 4) is 0 Å². The second kappa shape index (κ2) is 1.77. The molecule has 10 heavy (non-hydrogen) atoms.